The minimum absolute atomic E-state index is 0.677. The van der Waals surface area contributed by atoms with Crippen molar-refractivity contribution in [3.63, 3.8) is 0 Å². The van der Waals surface area contributed by atoms with E-state index >= 15 is 0 Å². The lowest BCUT2D eigenvalue weighted by Gasteiger charge is -1.84. The Morgan fingerprint density at radius 3 is 2.43 bits per heavy atom. The van der Waals surface area contributed by atoms with Crippen molar-refractivity contribution in [2.24, 2.45) is 5.84 Å². The molecule has 0 rings (SSSR count). The van der Waals surface area contributed by atoms with Crippen LogP contribution >= 0.6 is 0 Å². The molecule has 0 saturated heterocycles. The predicted octanol–water partition coefficient (Wildman–Crippen LogP) is 0.704. The lowest BCUT2D eigenvalue weighted by Crippen LogP contribution is -2.16. The normalized spacial score (nSPS) is 8.71. The van der Waals surface area contributed by atoms with E-state index in [4.69, 9.17) is 11.4 Å². The molecule has 0 saturated carbocycles. The average Bonchev–Trinajstić information content (AvgIpc) is 1.61. The first-order valence-corrected chi connectivity index (χ1v) is 2.51. The summed E-state index contributed by atoms with van der Waals surface area (Å²) in [6.45, 7) is 2.75. The Hall–Kier alpha value is -0.600. The SMILES string of the molecule is CCCC[N+](=N)N. The summed E-state index contributed by atoms with van der Waals surface area (Å²) in [7, 11) is 0. The molecule has 0 atom stereocenters. The standard InChI is InChI=1S/C4H12N3/c1-2-3-4-7(5)6/h2-4H2,1H3,(H3,5,6)/q+1. The molecule has 3 N–H and O–H groups in total. The molecule has 42 valence electrons. The summed E-state index contributed by atoms with van der Waals surface area (Å²) in [5.41, 5.74) is 6.69. The van der Waals surface area contributed by atoms with Gasteiger partial charge in [-0.05, 0) is 16.8 Å². The molecule has 3 heteroatoms. The van der Waals surface area contributed by atoms with Gasteiger partial charge in [-0.1, -0.05) is 6.92 Å². The lowest BCUT2D eigenvalue weighted by molar-refractivity contribution is -0.626. The van der Waals surface area contributed by atoms with Gasteiger partial charge in [0.2, 0.25) is 0 Å². The summed E-state index contributed by atoms with van der Waals surface area (Å²) in [5, 5.41) is 0. The largest absolute Gasteiger partial charge is 0.199 e. The van der Waals surface area contributed by atoms with E-state index in [1.807, 2.05) is 0 Å². The van der Waals surface area contributed by atoms with Gasteiger partial charge in [0.15, 0.2) is 6.54 Å². The van der Waals surface area contributed by atoms with E-state index in [2.05, 4.69) is 6.92 Å². The minimum atomic E-state index is 0.677. The summed E-state index contributed by atoms with van der Waals surface area (Å²) in [4.78, 5) is 0.962. The second-order valence-electron chi connectivity index (χ2n) is 1.55. The molecule has 0 aromatic carbocycles. The maximum atomic E-state index is 6.69. The number of hydrazine groups is 1. The Labute approximate surface area is 43.6 Å². The number of nitrogens with one attached hydrogen (secondary N) is 1. The maximum Gasteiger partial charge on any atom is 0.199 e. The highest BCUT2D eigenvalue weighted by molar-refractivity contribution is 4.23. The maximum absolute atomic E-state index is 6.69. The Bertz CT molecular complexity index is 60.0. The van der Waals surface area contributed by atoms with Crippen molar-refractivity contribution in [2.45, 2.75) is 19.8 Å². The topological polar surface area (TPSA) is 52.9 Å². The Morgan fingerprint density at radius 1 is 1.71 bits per heavy atom. The molecule has 0 aliphatic carbocycles. The van der Waals surface area contributed by atoms with Crippen LogP contribution in [0.15, 0.2) is 0 Å². The van der Waals surface area contributed by atoms with E-state index in [-0.39, 0.29) is 0 Å². The van der Waals surface area contributed by atoms with Gasteiger partial charge in [-0.15, -0.1) is 0 Å². The molecule has 0 aromatic rings. The van der Waals surface area contributed by atoms with E-state index in [0.29, 0.717) is 6.54 Å². The zero-order valence-electron chi connectivity index (χ0n) is 4.65. The summed E-state index contributed by atoms with van der Waals surface area (Å²) in [5.74, 6) is 4.98. The summed E-state index contributed by atoms with van der Waals surface area (Å²) < 4.78 is 0. The smallest absolute Gasteiger partial charge is 0.187 e. The molecule has 0 spiro atoms. The second kappa shape index (κ2) is 3.59. The highest BCUT2D eigenvalue weighted by atomic mass is 15.4. The second-order valence-corrected chi connectivity index (χ2v) is 1.55. The monoisotopic (exact) mass is 102 g/mol. The average molecular weight is 102 g/mol. The van der Waals surface area contributed by atoms with Gasteiger partial charge in [-0.3, -0.25) is 0 Å². The van der Waals surface area contributed by atoms with Crippen LogP contribution < -0.4 is 5.84 Å². The molecule has 0 aliphatic rings. The van der Waals surface area contributed by atoms with Gasteiger partial charge in [-0.2, -0.15) is 5.84 Å². The number of rotatable bonds is 3. The molecule has 0 aliphatic heterocycles. The van der Waals surface area contributed by atoms with Crippen molar-refractivity contribution in [3.8, 4) is 0 Å². The Morgan fingerprint density at radius 2 is 2.29 bits per heavy atom. The summed E-state index contributed by atoms with van der Waals surface area (Å²) in [6, 6.07) is 0. The lowest BCUT2D eigenvalue weighted by atomic mass is 10.3. The number of unbranched alkanes of at least 4 members (excludes halogenated alkanes) is 1. The van der Waals surface area contributed by atoms with Crippen LogP contribution in [0.25, 0.3) is 0 Å². The van der Waals surface area contributed by atoms with Crippen LogP contribution in [-0.4, -0.2) is 11.4 Å². The third-order valence-electron chi connectivity index (χ3n) is 0.753. The van der Waals surface area contributed by atoms with E-state index in [1.54, 1.807) is 0 Å². The van der Waals surface area contributed by atoms with Crippen LogP contribution in [-0.2, 0) is 0 Å². The van der Waals surface area contributed by atoms with Crippen molar-refractivity contribution in [1.29, 1.82) is 5.53 Å². The van der Waals surface area contributed by atoms with Gasteiger partial charge in [0.25, 0.3) is 0 Å². The van der Waals surface area contributed by atoms with Gasteiger partial charge in [0, 0.05) is 6.42 Å². The number of hydrogen-bond acceptors (Lipinski definition) is 1. The van der Waals surface area contributed by atoms with E-state index in [1.165, 1.54) is 0 Å². The van der Waals surface area contributed by atoms with Crippen LogP contribution in [0.3, 0.4) is 0 Å². The molecule has 0 heterocycles. The molecule has 0 aromatic heterocycles. The number of hydrogen-bond donors (Lipinski definition) is 2. The minimum Gasteiger partial charge on any atom is -0.187 e. The van der Waals surface area contributed by atoms with Gasteiger partial charge < -0.3 is 0 Å². The third kappa shape index (κ3) is 5.40. The van der Waals surface area contributed by atoms with Crippen LogP contribution in [0, 0.1) is 5.53 Å². The molecule has 3 nitrogen and oxygen atoms in total. The first-order chi connectivity index (χ1) is 3.27. The highest BCUT2D eigenvalue weighted by Crippen LogP contribution is 1.82. The molecular weight excluding hydrogens is 90.1 g/mol. The predicted molar refractivity (Wildman–Crippen MR) is 26.9 cm³/mol. The molecule has 0 radical (unpaired) electrons. The van der Waals surface area contributed by atoms with Crippen molar-refractivity contribution < 1.29 is 4.81 Å². The summed E-state index contributed by atoms with van der Waals surface area (Å²) in [6.07, 6.45) is 2.12. The zero-order chi connectivity index (χ0) is 5.70. The molecule has 0 fully saturated rings. The van der Waals surface area contributed by atoms with Crippen LogP contribution in [0.1, 0.15) is 19.8 Å². The zero-order valence-corrected chi connectivity index (χ0v) is 4.65. The molecule has 0 bridgehead atoms. The van der Waals surface area contributed by atoms with Crippen LogP contribution in [0.4, 0.5) is 0 Å². The van der Waals surface area contributed by atoms with Crippen molar-refractivity contribution in [3.05, 3.63) is 0 Å². The molecule has 7 heavy (non-hydrogen) atoms. The van der Waals surface area contributed by atoms with Gasteiger partial charge in [-0.25, -0.2) is 0 Å². The molecule has 0 amide bonds. The van der Waals surface area contributed by atoms with Crippen LogP contribution in [0.2, 0.25) is 0 Å². The Kier molecular flexibility index (Phi) is 3.28. The van der Waals surface area contributed by atoms with Crippen molar-refractivity contribution in [2.75, 3.05) is 6.54 Å². The van der Waals surface area contributed by atoms with Crippen LogP contribution in [0.5, 0.6) is 0 Å². The third-order valence-corrected chi connectivity index (χ3v) is 0.753. The van der Waals surface area contributed by atoms with E-state index < -0.39 is 0 Å². The first kappa shape index (κ1) is 6.40. The van der Waals surface area contributed by atoms with Crippen molar-refractivity contribution in [1.82, 2.24) is 0 Å². The fourth-order valence-electron chi connectivity index (χ4n) is 0.328. The number of nitrogens with zero attached hydrogens (tertiary/aromatic N) is 1. The fraction of sp³-hybridized carbons (Fsp3) is 1.00. The summed E-state index contributed by atoms with van der Waals surface area (Å²) >= 11 is 0. The first-order valence-electron chi connectivity index (χ1n) is 2.51. The quantitative estimate of drug-likeness (QED) is 0.234. The molecular formula is C4H12N3+. The van der Waals surface area contributed by atoms with Crippen molar-refractivity contribution >= 4 is 0 Å². The Balaban J connectivity index is 2.82. The fourth-order valence-corrected chi connectivity index (χ4v) is 0.328. The number of nitrogens with two attached hydrogens (primary N) is 1. The van der Waals surface area contributed by atoms with Gasteiger partial charge in [0.05, 0.1) is 0 Å². The highest BCUT2D eigenvalue weighted by Gasteiger charge is 1.90. The van der Waals surface area contributed by atoms with E-state index in [0.717, 1.165) is 17.6 Å². The van der Waals surface area contributed by atoms with E-state index in [9.17, 15) is 0 Å². The van der Waals surface area contributed by atoms with Gasteiger partial charge >= 0.3 is 0 Å². The molecule has 0 unspecified atom stereocenters. The van der Waals surface area contributed by atoms with Gasteiger partial charge in [0.1, 0.15) is 0 Å².